The van der Waals surface area contributed by atoms with Crippen LogP contribution in [0.3, 0.4) is 0 Å². The van der Waals surface area contributed by atoms with Crippen molar-refractivity contribution >= 4 is 40.5 Å². The Kier molecular flexibility index (Phi) is 4.94. The van der Waals surface area contributed by atoms with E-state index in [1.807, 2.05) is 0 Å². The van der Waals surface area contributed by atoms with Crippen molar-refractivity contribution < 1.29 is 13.2 Å². The third-order valence-electron chi connectivity index (χ3n) is 3.31. The minimum absolute atomic E-state index is 0.00717. The van der Waals surface area contributed by atoms with Crippen molar-refractivity contribution in [3.63, 3.8) is 0 Å². The Labute approximate surface area is 148 Å². The van der Waals surface area contributed by atoms with Gasteiger partial charge < -0.3 is 5.73 Å². The summed E-state index contributed by atoms with van der Waals surface area (Å²) in [7, 11) is 0.909. The molecule has 24 heavy (non-hydrogen) atoms. The molecule has 0 radical (unpaired) electrons. The summed E-state index contributed by atoms with van der Waals surface area (Å²) in [4.78, 5) is 24.0. The number of alkyl halides is 3. The Morgan fingerprint density at radius 1 is 1.12 bits per heavy atom. The summed E-state index contributed by atoms with van der Waals surface area (Å²) in [5.41, 5.74) is 2.26. The second kappa shape index (κ2) is 6.34. The highest BCUT2D eigenvalue weighted by molar-refractivity contribution is 6.49. The van der Waals surface area contributed by atoms with Crippen LogP contribution in [-0.2, 0) is 19.8 Å². The molecular weight excluding hydrogens is 394 g/mol. The summed E-state index contributed by atoms with van der Waals surface area (Å²) in [5.74, 6) is 0. The predicted octanol–water partition coefficient (Wildman–Crippen LogP) is 3.16. The van der Waals surface area contributed by atoms with Crippen molar-refractivity contribution in [2.45, 2.75) is 12.7 Å². The van der Waals surface area contributed by atoms with Gasteiger partial charge in [-0.25, -0.2) is 4.79 Å². The largest absolute Gasteiger partial charge is 0.431 e. The van der Waals surface area contributed by atoms with Gasteiger partial charge in [0.15, 0.2) is 0 Å². The minimum Gasteiger partial charge on any atom is -0.397 e. The average Bonchev–Trinajstić information content (AvgIpc) is 2.48. The van der Waals surface area contributed by atoms with E-state index in [0.29, 0.717) is 15.2 Å². The first-order valence-corrected chi connectivity index (χ1v) is 7.38. The van der Waals surface area contributed by atoms with Crippen LogP contribution in [0, 0.1) is 0 Å². The van der Waals surface area contributed by atoms with Crippen LogP contribution in [-0.4, -0.2) is 9.13 Å². The average molecular weight is 403 g/mol. The monoisotopic (exact) mass is 401 g/mol. The smallest absolute Gasteiger partial charge is 0.397 e. The molecule has 0 aliphatic rings. The number of nitrogens with two attached hydrogens (primary N) is 1. The number of benzene rings is 1. The van der Waals surface area contributed by atoms with Gasteiger partial charge in [0, 0.05) is 13.1 Å². The summed E-state index contributed by atoms with van der Waals surface area (Å²) in [5, 5.41) is -0.0501. The lowest BCUT2D eigenvalue weighted by Crippen LogP contribution is -2.42. The summed E-state index contributed by atoms with van der Waals surface area (Å²) in [6.45, 7) is -0.411. The van der Waals surface area contributed by atoms with E-state index in [4.69, 9.17) is 40.5 Å². The van der Waals surface area contributed by atoms with Gasteiger partial charge in [-0.05, 0) is 11.6 Å². The van der Waals surface area contributed by atoms with Gasteiger partial charge in [0.2, 0.25) is 0 Å². The van der Waals surface area contributed by atoms with Gasteiger partial charge in [-0.2, -0.15) is 13.2 Å². The van der Waals surface area contributed by atoms with Crippen LogP contribution in [0.1, 0.15) is 11.3 Å². The zero-order valence-corrected chi connectivity index (χ0v) is 14.2. The van der Waals surface area contributed by atoms with Crippen LogP contribution < -0.4 is 17.0 Å². The Bertz CT molecular complexity index is 935. The molecule has 0 unspecified atom stereocenters. The molecule has 2 N–H and O–H groups in total. The molecular formula is C13H9Cl3F3N3O2. The van der Waals surface area contributed by atoms with E-state index in [1.54, 1.807) is 0 Å². The first-order chi connectivity index (χ1) is 10.9. The van der Waals surface area contributed by atoms with Crippen molar-refractivity contribution in [3.05, 3.63) is 59.3 Å². The molecule has 5 nitrogen and oxygen atoms in total. The zero-order valence-electron chi connectivity index (χ0n) is 11.9. The fraction of sp³-hybridized carbons (Fsp3) is 0.231. The summed E-state index contributed by atoms with van der Waals surface area (Å²) >= 11 is 17.6. The second-order valence-electron chi connectivity index (χ2n) is 4.85. The van der Waals surface area contributed by atoms with E-state index in [-0.39, 0.29) is 26.3 Å². The molecule has 0 aliphatic carbocycles. The molecule has 0 fully saturated rings. The topological polar surface area (TPSA) is 70.0 Å². The predicted molar refractivity (Wildman–Crippen MR) is 85.9 cm³/mol. The molecule has 2 aromatic rings. The zero-order chi connectivity index (χ0) is 18.4. The molecule has 2 rings (SSSR count). The number of hydrogen-bond donors (Lipinski definition) is 1. The second-order valence-corrected chi connectivity index (χ2v) is 6.02. The van der Waals surface area contributed by atoms with Crippen LogP contribution in [0.4, 0.5) is 18.9 Å². The third-order valence-corrected chi connectivity index (χ3v) is 4.59. The van der Waals surface area contributed by atoms with Crippen molar-refractivity contribution in [2.75, 3.05) is 5.73 Å². The van der Waals surface area contributed by atoms with Gasteiger partial charge in [0.1, 0.15) is 5.69 Å². The van der Waals surface area contributed by atoms with Crippen molar-refractivity contribution in [1.29, 1.82) is 0 Å². The van der Waals surface area contributed by atoms with Crippen LogP contribution >= 0.6 is 34.8 Å². The van der Waals surface area contributed by atoms with Gasteiger partial charge in [0.05, 0.1) is 27.3 Å². The molecule has 0 spiro atoms. The highest BCUT2D eigenvalue weighted by Crippen LogP contribution is 2.37. The van der Waals surface area contributed by atoms with E-state index in [1.165, 1.54) is 6.07 Å². The number of halogens is 6. The number of rotatable bonds is 2. The van der Waals surface area contributed by atoms with E-state index in [2.05, 4.69) is 0 Å². The molecule has 0 atom stereocenters. The maximum atomic E-state index is 12.8. The summed E-state index contributed by atoms with van der Waals surface area (Å²) in [6.07, 6.45) is -4.84. The van der Waals surface area contributed by atoms with Gasteiger partial charge in [-0.15, -0.1) is 0 Å². The first kappa shape index (κ1) is 18.7. The van der Waals surface area contributed by atoms with Crippen LogP contribution in [0.2, 0.25) is 15.1 Å². The van der Waals surface area contributed by atoms with Gasteiger partial charge in [-0.1, -0.05) is 34.8 Å². The Morgan fingerprint density at radius 3 is 2.25 bits per heavy atom. The molecule has 0 amide bonds. The number of nitrogen functional groups attached to an aromatic ring is 1. The molecule has 0 aliphatic heterocycles. The van der Waals surface area contributed by atoms with Gasteiger partial charge in [-0.3, -0.25) is 13.9 Å². The normalized spacial score (nSPS) is 11.8. The summed E-state index contributed by atoms with van der Waals surface area (Å²) in [6, 6.07) is 1.62. The van der Waals surface area contributed by atoms with E-state index >= 15 is 0 Å². The number of nitrogens with zero attached hydrogens (tertiary/aromatic N) is 2. The Balaban J connectivity index is 2.64. The molecule has 1 aromatic heterocycles. The Morgan fingerprint density at radius 2 is 1.71 bits per heavy atom. The highest BCUT2D eigenvalue weighted by Gasteiger charge is 2.35. The van der Waals surface area contributed by atoms with Gasteiger partial charge in [0.25, 0.3) is 5.56 Å². The molecule has 11 heteroatoms. The number of aromatic nitrogens is 2. The van der Waals surface area contributed by atoms with E-state index in [0.717, 1.165) is 7.05 Å². The first-order valence-electron chi connectivity index (χ1n) is 6.25. The van der Waals surface area contributed by atoms with Crippen LogP contribution in [0.5, 0.6) is 0 Å². The molecule has 0 bridgehead atoms. The maximum Gasteiger partial charge on any atom is 0.431 e. The summed E-state index contributed by atoms with van der Waals surface area (Å²) < 4.78 is 39.3. The molecule has 1 aromatic carbocycles. The lowest BCUT2D eigenvalue weighted by atomic mass is 10.1. The molecule has 130 valence electrons. The third kappa shape index (κ3) is 3.26. The SMILES string of the molecule is Cn1c(C(F)(F)F)cc(=O)n(Cc2cc(Cl)c(Cl)c(Cl)c2N)c1=O. The molecule has 1 heterocycles. The van der Waals surface area contributed by atoms with Crippen LogP contribution in [0.15, 0.2) is 21.7 Å². The number of anilines is 1. The molecule has 0 saturated heterocycles. The lowest BCUT2D eigenvalue weighted by molar-refractivity contribution is -0.144. The molecule has 0 saturated carbocycles. The lowest BCUT2D eigenvalue weighted by Gasteiger charge is -2.15. The van der Waals surface area contributed by atoms with Crippen molar-refractivity contribution in [1.82, 2.24) is 9.13 Å². The quantitative estimate of drug-likeness (QED) is 0.620. The number of hydrogen-bond acceptors (Lipinski definition) is 3. The highest BCUT2D eigenvalue weighted by atomic mass is 35.5. The van der Waals surface area contributed by atoms with E-state index in [9.17, 15) is 22.8 Å². The van der Waals surface area contributed by atoms with E-state index < -0.39 is 29.7 Å². The van der Waals surface area contributed by atoms with Crippen LogP contribution in [0.25, 0.3) is 0 Å². The minimum atomic E-state index is -4.84. The standard InChI is InChI=1S/C13H9Cl3F3N3O2/c1-21-7(13(17,18)19)3-8(23)22(12(21)24)4-5-2-6(14)9(15)10(16)11(5)20/h2-3H,4,20H2,1H3. The van der Waals surface area contributed by atoms with Crippen molar-refractivity contribution in [3.8, 4) is 0 Å². The fourth-order valence-corrected chi connectivity index (χ4v) is 2.70. The Hall–Kier alpha value is -1.64. The fourth-order valence-electron chi connectivity index (χ4n) is 2.05. The van der Waals surface area contributed by atoms with Gasteiger partial charge >= 0.3 is 11.9 Å². The maximum absolute atomic E-state index is 12.8. The van der Waals surface area contributed by atoms with Crippen molar-refractivity contribution in [2.24, 2.45) is 7.05 Å².